The molecule has 0 bridgehead atoms. The fourth-order valence-corrected chi connectivity index (χ4v) is 3.07. The highest BCUT2D eigenvalue weighted by Crippen LogP contribution is 2.49. The minimum Gasteiger partial charge on any atom is -0.409 e. The van der Waals surface area contributed by atoms with Crippen LogP contribution in [0.3, 0.4) is 0 Å². The van der Waals surface area contributed by atoms with Crippen LogP contribution < -0.4 is 5.73 Å². The molecule has 1 atom stereocenters. The van der Waals surface area contributed by atoms with Crippen molar-refractivity contribution in [3.8, 4) is 0 Å². The smallest absolute Gasteiger partial charge is 0.139 e. The molecule has 1 saturated carbocycles. The van der Waals surface area contributed by atoms with Crippen LogP contribution in [0.1, 0.15) is 32.6 Å². The van der Waals surface area contributed by atoms with Gasteiger partial charge in [-0.1, -0.05) is 5.16 Å². The van der Waals surface area contributed by atoms with E-state index in [2.05, 4.69) is 28.9 Å². The second-order valence-corrected chi connectivity index (χ2v) is 6.20. The molecular formula is C13H26N4O. The maximum Gasteiger partial charge on any atom is 0.139 e. The molecule has 5 nitrogen and oxygen atoms in total. The average Bonchev–Trinajstić information content (AvgIpc) is 3.08. The highest BCUT2D eigenvalue weighted by molar-refractivity contribution is 5.80. The van der Waals surface area contributed by atoms with Crippen molar-refractivity contribution in [2.45, 2.75) is 38.6 Å². The topological polar surface area (TPSA) is 65.1 Å². The number of rotatable bonds is 4. The molecule has 2 fully saturated rings. The van der Waals surface area contributed by atoms with Gasteiger partial charge in [-0.3, -0.25) is 4.90 Å². The number of nitrogens with zero attached hydrogens (tertiary/aromatic N) is 3. The molecule has 1 aliphatic heterocycles. The third-order valence-electron chi connectivity index (χ3n) is 4.36. The SMILES string of the molecule is CC1CN(C)CCCN1CC1(CC(N)=NO)CC1. The van der Waals surface area contributed by atoms with Crippen molar-refractivity contribution in [2.24, 2.45) is 16.3 Å². The van der Waals surface area contributed by atoms with Crippen LogP contribution in [0.15, 0.2) is 5.16 Å². The van der Waals surface area contributed by atoms with Crippen LogP contribution in [0.2, 0.25) is 0 Å². The molecule has 0 aromatic rings. The lowest BCUT2D eigenvalue weighted by molar-refractivity contribution is 0.167. The first-order chi connectivity index (χ1) is 8.54. The van der Waals surface area contributed by atoms with Gasteiger partial charge in [0.25, 0.3) is 0 Å². The Morgan fingerprint density at radius 1 is 1.44 bits per heavy atom. The van der Waals surface area contributed by atoms with E-state index in [0.29, 0.717) is 11.9 Å². The van der Waals surface area contributed by atoms with E-state index < -0.39 is 0 Å². The van der Waals surface area contributed by atoms with Crippen LogP contribution in [-0.2, 0) is 0 Å². The summed E-state index contributed by atoms with van der Waals surface area (Å²) in [6.07, 6.45) is 4.40. The molecule has 0 spiro atoms. The van der Waals surface area contributed by atoms with E-state index in [1.54, 1.807) is 0 Å². The average molecular weight is 254 g/mol. The minimum atomic E-state index is 0.285. The number of nitrogens with two attached hydrogens (primary N) is 1. The number of hydrogen-bond donors (Lipinski definition) is 2. The largest absolute Gasteiger partial charge is 0.409 e. The highest BCUT2D eigenvalue weighted by atomic mass is 16.4. The molecule has 0 aromatic carbocycles. The van der Waals surface area contributed by atoms with Crippen molar-refractivity contribution in [1.29, 1.82) is 0 Å². The van der Waals surface area contributed by atoms with Crippen molar-refractivity contribution in [3.63, 3.8) is 0 Å². The highest BCUT2D eigenvalue weighted by Gasteiger charge is 2.45. The molecule has 2 rings (SSSR count). The van der Waals surface area contributed by atoms with E-state index in [0.717, 1.165) is 19.5 Å². The molecule has 1 saturated heterocycles. The maximum absolute atomic E-state index is 8.71. The summed E-state index contributed by atoms with van der Waals surface area (Å²) in [4.78, 5) is 4.99. The molecule has 0 radical (unpaired) electrons. The first kappa shape index (κ1) is 13.6. The van der Waals surface area contributed by atoms with E-state index in [1.807, 2.05) is 0 Å². The molecule has 3 N–H and O–H groups in total. The first-order valence-electron chi connectivity index (χ1n) is 6.94. The quantitative estimate of drug-likeness (QED) is 0.339. The van der Waals surface area contributed by atoms with Crippen molar-refractivity contribution in [2.75, 3.05) is 33.2 Å². The van der Waals surface area contributed by atoms with Crippen LogP contribution in [0.4, 0.5) is 0 Å². The summed E-state index contributed by atoms with van der Waals surface area (Å²) in [6.45, 7) is 6.90. The van der Waals surface area contributed by atoms with Gasteiger partial charge in [-0.2, -0.15) is 0 Å². The molecule has 1 unspecified atom stereocenters. The fourth-order valence-electron chi connectivity index (χ4n) is 3.07. The third kappa shape index (κ3) is 3.36. The lowest BCUT2D eigenvalue weighted by atomic mass is 10.00. The molecule has 0 amide bonds. The normalized spacial score (nSPS) is 30.1. The number of hydrogen-bond acceptors (Lipinski definition) is 4. The summed E-state index contributed by atoms with van der Waals surface area (Å²) in [5.74, 6) is 0.382. The van der Waals surface area contributed by atoms with Crippen LogP contribution >= 0.6 is 0 Å². The van der Waals surface area contributed by atoms with Gasteiger partial charge in [0.15, 0.2) is 0 Å². The summed E-state index contributed by atoms with van der Waals surface area (Å²) in [5.41, 5.74) is 5.95. The van der Waals surface area contributed by atoms with E-state index >= 15 is 0 Å². The van der Waals surface area contributed by atoms with Crippen LogP contribution in [0.5, 0.6) is 0 Å². The standard InChI is InChI=1S/C13H26N4O/c1-11-9-16(2)6-3-7-17(11)10-13(4-5-13)8-12(14)15-18/h11,18H,3-10H2,1-2H3,(H2,14,15). The summed E-state index contributed by atoms with van der Waals surface area (Å²) in [6, 6.07) is 0.599. The third-order valence-corrected chi connectivity index (χ3v) is 4.36. The lowest BCUT2D eigenvalue weighted by Gasteiger charge is -2.31. The number of oxime groups is 1. The molecule has 0 aromatic heterocycles. The summed E-state index contributed by atoms with van der Waals surface area (Å²) in [5, 5.41) is 11.8. The number of amidine groups is 1. The zero-order chi connectivity index (χ0) is 13.2. The van der Waals surface area contributed by atoms with Crippen LogP contribution in [-0.4, -0.2) is 60.1 Å². The van der Waals surface area contributed by atoms with Crippen molar-refractivity contribution in [3.05, 3.63) is 0 Å². The Balaban J connectivity index is 1.92. The van der Waals surface area contributed by atoms with Gasteiger partial charge in [-0.05, 0) is 51.7 Å². The summed E-state index contributed by atoms with van der Waals surface area (Å²) in [7, 11) is 2.20. The van der Waals surface area contributed by atoms with Gasteiger partial charge in [0.05, 0.1) is 0 Å². The molecule has 1 aliphatic carbocycles. The molecule has 2 aliphatic rings. The fraction of sp³-hybridized carbons (Fsp3) is 0.923. The first-order valence-corrected chi connectivity index (χ1v) is 6.94. The minimum absolute atomic E-state index is 0.285. The predicted molar refractivity (Wildman–Crippen MR) is 72.8 cm³/mol. The Kier molecular flexibility index (Phi) is 4.12. The molecule has 5 heteroatoms. The Hall–Kier alpha value is -0.810. The number of likely N-dealkylation sites (N-methyl/N-ethyl adjacent to an activating group) is 1. The van der Waals surface area contributed by atoms with Gasteiger partial charge in [0.2, 0.25) is 0 Å². The van der Waals surface area contributed by atoms with E-state index in [9.17, 15) is 0 Å². The van der Waals surface area contributed by atoms with Gasteiger partial charge in [0, 0.05) is 25.6 Å². The van der Waals surface area contributed by atoms with E-state index in [1.165, 1.54) is 32.4 Å². The van der Waals surface area contributed by atoms with E-state index in [4.69, 9.17) is 10.9 Å². The van der Waals surface area contributed by atoms with Crippen molar-refractivity contribution >= 4 is 5.84 Å². The van der Waals surface area contributed by atoms with Gasteiger partial charge < -0.3 is 15.8 Å². The van der Waals surface area contributed by atoms with Gasteiger partial charge in [-0.15, -0.1) is 0 Å². The molecule has 1 heterocycles. The zero-order valence-corrected chi connectivity index (χ0v) is 11.6. The zero-order valence-electron chi connectivity index (χ0n) is 11.6. The van der Waals surface area contributed by atoms with Gasteiger partial charge >= 0.3 is 0 Å². The predicted octanol–water partition coefficient (Wildman–Crippen LogP) is 0.929. The molecule has 104 valence electrons. The van der Waals surface area contributed by atoms with Gasteiger partial charge in [-0.25, -0.2) is 0 Å². The van der Waals surface area contributed by atoms with Crippen LogP contribution in [0.25, 0.3) is 0 Å². The Labute approximate surface area is 110 Å². The summed E-state index contributed by atoms with van der Waals surface area (Å²) < 4.78 is 0. The van der Waals surface area contributed by atoms with E-state index in [-0.39, 0.29) is 5.41 Å². The second-order valence-electron chi connectivity index (χ2n) is 6.20. The molecular weight excluding hydrogens is 228 g/mol. The molecule has 18 heavy (non-hydrogen) atoms. The van der Waals surface area contributed by atoms with Crippen molar-refractivity contribution in [1.82, 2.24) is 9.80 Å². The monoisotopic (exact) mass is 254 g/mol. The Bertz CT molecular complexity index is 314. The lowest BCUT2D eigenvalue weighted by Crippen LogP contribution is -2.42. The maximum atomic E-state index is 8.71. The Morgan fingerprint density at radius 3 is 2.78 bits per heavy atom. The van der Waals surface area contributed by atoms with Gasteiger partial charge in [0.1, 0.15) is 5.84 Å². The summed E-state index contributed by atoms with van der Waals surface area (Å²) >= 11 is 0. The second kappa shape index (κ2) is 5.45. The van der Waals surface area contributed by atoms with Crippen LogP contribution in [0, 0.1) is 5.41 Å². The van der Waals surface area contributed by atoms with Crippen molar-refractivity contribution < 1.29 is 5.21 Å². The Morgan fingerprint density at radius 2 is 2.17 bits per heavy atom.